The molecule has 0 radical (unpaired) electrons. The van der Waals surface area contributed by atoms with Crippen LogP contribution in [0.5, 0.6) is 11.5 Å². The second-order valence-corrected chi connectivity index (χ2v) is 11.6. The quantitative estimate of drug-likeness (QED) is 0.394. The second-order valence-electron chi connectivity index (χ2n) is 8.82. The predicted molar refractivity (Wildman–Crippen MR) is 157 cm³/mol. The smallest absolute Gasteiger partial charge is 0.257 e. The summed E-state index contributed by atoms with van der Waals surface area (Å²) in [4.78, 5) is 15.1. The van der Waals surface area contributed by atoms with Crippen LogP contribution in [-0.2, 0) is 10.0 Å². The fraction of sp³-hybridized carbons (Fsp3) is 0.259. The summed E-state index contributed by atoms with van der Waals surface area (Å²) in [6.45, 7) is 3.35. The second kappa shape index (κ2) is 12.2. The molecule has 1 amide bonds. The molecular weight excluding hydrogens is 560 g/mol. The number of methoxy groups -OCH3 is 2. The van der Waals surface area contributed by atoms with Crippen LogP contribution >= 0.6 is 23.8 Å². The number of ether oxygens (including phenoxy) is 2. The summed E-state index contributed by atoms with van der Waals surface area (Å²) in [5, 5.41) is 6.28. The number of halogens is 1. The summed E-state index contributed by atoms with van der Waals surface area (Å²) in [5.41, 5.74) is 2.61. The largest absolute Gasteiger partial charge is 0.493 e. The Balaban J connectivity index is 1.44. The Morgan fingerprint density at radius 2 is 1.62 bits per heavy atom. The van der Waals surface area contributed by atoms with E-state index in [1.807, 2.05) is 11.8 Å². The van der Waals surface area contributed by atoms with Gasteiger partial charge in [-0.1, -0.05) is 35.4 Å². The van der Waals surface area contributed by atoms with E-state index in [-0.39, 0.29) is 10.0 Å². The van der Waals surface area contributed by atoms with Crippen molar-refractivity contribution >= 4 is 56.2 Å². The zero-order valence-corrected chi connectivity index (χ0v) is 24.1. The van der Waals surface area contributed by atoms with Gasteiger partial charge in [-0.2, -0.15) is 4.31 Å². The SMILES string of the molecule is COc1ccc(C(=O)NC(=S)Nc2cccc(Cl)c2N2CCN(S(=O)(=O)c3ccc(C)cc3)CC2)cc1OC. The molecule has 0 aromatic heterocycles. The molecule has 1 saturated heterocycles. The highest BCUT2D eigenvalue weighted by Crippen LogP contribution is 2.35. The monoisotopic (exact) mass is 588 g/mol. The summed E-state index contributed by atoms with van der Waals surface area (Å²) in [6.07, 6.45) is 0. The molecule has 0 atom stereocenters. The van der Waals surface area contributed by atoms with Gasteiger partial charge in [0.15, 0.2) is 16.6 Å². The van der Waals surface area contributed by atoms with Gasteiger partial charge < -0.3 is 19.7 Å². The van der Waals surface area contributed by atoms with Gasteiger partial charge in [0.1, 0.15) is 0 Å². The molecule has 3 aromatic rings. The molecule has 1 fully saturated rings. The number of carbonyl (C=O) groups is 1. The lowest BCUT2D eigenvalue weighted by molar-refractivity contribution is 0.0977. The number of thiocarbonyl (C=S) groups is 1. The number of hydrogen-bond donors (Lipinski definition) is 2. The number of carbonyl (C=O) groups excluding carboxylic acids is 1. The van der Waals surface area contributed by atoms with Crippen molar-refractivity contribution in [3.8, 4) is 11.5 Å². The number of amides is 1. The first-order valence-electron chi connectivity index (χ1n) is 12.1. The highest BCUT2D eigenvalue weighted by Gasteiger charge is 2.30. The van der Waals surface area contributed by atoms with Gasteiger partial charge in [0, 0.05) is 31.7 Å². The Kier molecular flexibility index (Phi) is 8.96. The lowest BCUT2D eigenvalue weighted by Crippen LogP contribution is -2.49. The minimum absolute atomic E-state index is 0.0823. The first-order chi connectivity index (χ1) is 18.6. The fourth-order valence-electron chi connectivity index (χ4n) is 4.26. The number of anilines is 2. The zero-order valence-electron chi connectivity index (χ0n) is 21.7. The maximum atomic E-state index is 13.1. The van der Waals surface area contributed by atoms with Crippen LogP contribution in [0.15, 0.2) is 65.6 Å². The van der Waals surface area contributed by atoms with Crippen molar-refractivity contribution in [3.05, 3.63) is 76.8 Å². The number of benzene rings is 3. The molecule has 1 aliphatic heterocycles. The van der Waals surface area contributed by atoms with E-state index in [4.69, 9.17) is 33.3 Å². The molecule has 39 heavy (non-hydrogen) atoms. The minimum atomic E-state index is -3.60. The van der Waals surface area contributed by atoms with Crippen LogP contribution in [0.25, 0.3) is 0 Å². The zero-order chi connectivity index (χ0) is 28.2. The van der Waals surface area contributed by atoms with E-state index in [1.54, 1.807) is 60.7 Å². The van der Waals surface area contributed by atoms with Crippen LogP contribution in [0, 0.1) is 6.92 Å². The third kappa shape index (κ3) is 6.44. The molecular formula is C27H29ClN4O5S2. The van der Waals surface area contributed by atoms with Gasteiger partial charge >= 0.3 is 0 Å². The Hall–Kier alpha value is -3.38. The maximum Gasteiger partial charge on any atom is 0.257 e. The molecule has 4 rings (SSSR count). The van der Waals surface area contributed by atoms with Crippen LogP contribution in [0.3, 0.4) is 0 Å². The van der Waals surface area contributed by atoms with E-state index < -0.39 is 15.9 Å². The molecule has 0 bridgehead atoms. The van der Waals surface area contributed by atoms with Crippen molar-refractivity contribution in [2.24, 2.45) is 0 Å². The van der Waals surface area contributed by atoms with E-state index in [2.05, 4.69) is 10.6 Å². The minimum Gasteiger partial charge on any atom is -0.493 e. The fourth-order valence-corrected chi connectivity index (χ4v) is 6.17. The van der Waals surface area contributed by atoms with Gasteiger partial charge in [0.2, 0.25) is 10.0 Å². The van der Waals surface area contributed by atoms with Crippen molar-refractivity contribution in [3.63, 3.8) is 0 Å². The topological polar surface area (TPSA) is 100 Å². The average molecular weight is 589 g/mol. The average Bonchev–Trinajstić information content (AvgIpc) is 2.93. The Morgan fingerprint density at radius 3 is 2.26 bits per heavy atom. The van der Waals surface area contributed by atoms with E-state index in [0.29, 0.717) is 59.6 Å². The molecule has 0 unspecified atom stereocenters. The lowest BCUT2D eigenvalue weighted by Gasteiger charge is -2.36. The first kappa shape index (κ1) is 28.6. The Labute approximate surface area is 238 Å². The molecule has 9 nitrogen and oxygen atoms in total. The summed E-state index contributed by atoms with van der Waals surface area (Å²) < 4.78 is 38.2. The standard InChI is InChI=1S/C27H29ClN4O5S2/c1-18-7-10-20(11-8-18)39(34,35)32-15-13-31(14-16-32)25-21(28)5-4-6-22(25)29-27(38)30-26(33)19-9-12-23(36-2)24(17-19)37-3/h4-12,17H,13-16H2,1-3H3,(H2,29,30,33,38). The summed E-state index contributed by atoms with van der Waals surface area (Å²) in [6, 6.07) is 17.0. The van der Waals surface area contributed by atoms with Gasteiger partial charge in [0.25, 0.3) is 5.91 Å². The van der Waals surface area contributed by atoms with Crippen LogP contribution in [0.2, 0.25) is 5.02 Å². The van der Waals surface area contributed by atoms with Gasteiger partial charge in [-0.25, -0.2) is 8.42 Å². The van der Waals surface area contributed by atoms with Crippen molar-refractivity contribution < 1.29 is 22.7 Å². The molecule has 3 aromatic carbocycles. The number of rotatable bonds is 7. The summed E-state index contributed by atoms with van der Waals surface area (Å²) in [7, 11) is -0.594. The van der Waals surface area contributed by atoms with E-state index in [1.165, 1.54) is 18.5 Å². The molecule has 1 aliphatic rings. The molecule has 0 aliphatic carbocycles. The number of nitrogens with zero attached hydrogens (tertiary/aromatic N) is 2. The van der Waals surface area contributed by atoms with Gasteiger partial charge in [0.05, 0.1) is 35.5 Å². The van der Waals surface area contributed by atoms with E-state index in [9.17, 15) is 13.2 Å². The van der Waals surface area contributed by atoms with Gasteiger partial charge in [-0.15, -0.1) is 0 Å². The van der Waals surface area contributed by atoms with E-state index in [0.717, 1.165) is 5.56 Å². The van der Waals surface area contributed by atoms with Crippen LogP contribution in [0.4, 0.5) is 11.4 Å². The Morgan fingerprint density at radius 1 is 0.949 bits per heavy atom. The lowest BCUT2D eigenvalue weighted by atomic mass is 10.2. The molecule has 12 heteroatoms. The predicted octanol–water partition coefficient (Wildman–Crippen LogP) is 4.30. The molecule has 206 valence electrons. The van der Waals surface area contributed by atoms with Crippen molar-refractivity contribution in [2.75, 3.05) is 50.6 Å². The van der Waals surface area contributed by atoms with Crippen LogP contribution in [-0.4, -0.2) is 64.1 Å². The molecule has 0 spiro atoms. The van der Waals surface area contributed by atoms with Crippen molar-refractivity contribution in [2.45, 2.75) is 11.8 Å². The number of para-hydroxylation sites is 1. The molecule has 2 N–H and O–H groups in total. The first-order valence-corrected chi connectivity index (χ1v) is 14.3. The van der Waals surface area contributed by atoms with Gasteiger partial charge in [-0.3, -0.25) is 10.1 Å². The van der Waals surface area contributed by atoms with Crippen molar-refractivity contribution in [1.82, 2.24) is 9.62 Å². The van der Waals surface area contributed by atoms with Crippen LogP contribution < -0.4 is 25.0 Å². The number of sulfonamides is 1. The molecule has 0 saturated carbocycles. The normalized spacial score (nSPS) is 14.0. The Bertz CT molecular complexity index is 1470. The summed E-state index contributed by atoms with van der Waals surface area (Å²) >= 11 is 12.0. The highest BCUT2D eigenvalue weighted by molar-refractivity contribution is 7.89. The maximum absolute atomic E-state index is 13.1. The van der Waals surface area contributed by atoms with Gasteiger partial charge in [-0.05, 0) is 61.6 Å². The molecule has 1 heterocycles. The third-order valence-electron chi connectivity index (χ3n) is 6.32. The number of aryl methyl sites for hydroxylation is 1. The number of piperazine rings is 1. The van der Waals surface area contributed by atoms with E-state index >= 15 is 0 Å². The van der Waals surface area contributed by atoms with Crippen molar-refractivity contribution in [1.29, 1.82) is 0 Å². The highest BCUT2D eigenvalue weighted by atomic mass is 35.5. The third-order valence-corrected chi connectivity index (χ3v) is 8.74. The number of nitrogens with one attached hydrogen (secondary N) is 2. The number of hydrogen-bond acceptors (Lipinski definition) is 7. The van der Waals surface area contributed by atoms with Crippen LogP contribution in [0.1, 0.15) is 15.9 Å². The summed E-state index contributed by atoms with van der Waals surface area (Å²) in [5.74, 6) is 0.502.